The maximum atomic E-state index is 11.3. The van der Waals surface area contributed by atoms with Gasteiger partial charge in [-0.2, -0.15) is 0 Å². The van der Waals surface area contributed by atoms with Crippen molar-refractivity contribution < 1.29 is 9.90 Å². The molecule has 1 N–H and O–H groups in total. The average Bonchev–Trinajstić information content (AvgIpc) is 2.46. The highest BCUT2D eigenvalue weighted by Gasteiger charge is 2.29. The Bertz CT molecular complexity index is 446. The third-order valence-electron chi connectivity index (χ3n) is 4.28. The maximum absolute atomic E-state index is 11.3. The number of carbonyl (C=O) groups is 1. The predicted molar refractivity (Wildman–Crippen MR) is 84.0 cm³/mol. The molecule has 0 radical (unpaired) electrons. The summed E-state index contributed by atoms with van der Waals surface area (Å²) in [7, 11) is 0. The van der Waals surface area contributed by atoms with Crippen LogP contribution in [-0.4, -0.2) is 28.7 Å². The van der Waals surface area contributed by atoms with E-state index < -0.39 is 6.09 Å². The molecule has 0 aliphatic carbocycles. The Balaban J connectivity index is 1.87. The van der Waals surface area contributed by atoms with Gasteiger partial charge in [-0.25, -0.2) is 4.79 Å². The Morgan fingerprint density at radius 2 is 2.05 bits per heavy atom. The summed E-state index contributed by atoms with van der Waals surface area (Å²) >= 11 is 3.44. The number of hydrogen-bond acceptors (Lipinski definition) is 1. The SMILES string of the molecule is CCC1CCC(CCc2ccc(Br)cc2)CN1C(=O)O. The van der Waals surface area contributed by atoms with E-state index in [9.17, 15) is 9.90 Å². The van der Waals surface area contributed by atoms with Gasteiger partial charge in [0.05, 0.1) is 0 Å². The minimum Gasteiger partial charge on any atom is -0.465 e. The molecule has 2 unspecified atom stereocenters. The van der Waals surface area contributed by atoms with Gasteiger partial charge in [0, 0.05) is 17.1 Å². The summed E-state index contributed by atoms with van der Waals surface area (Å²) in [5.74, 6) is 0.498. The molecule has 1 heterocycles. The molecule has 3 nitrogen and oxygen atoms in total. The molecule has 0 aromatic heterocycles. The van der Waals surface area contributed by atoms with E-state index in [1.807, 2.05) is 0 Å². The highest BCUT2D eigenvalue weighted by molar-refractivity contribution is 9.10. The minimum atomic E-state index is -0.759. The number of amides is 1. The highest BCUT2D eigenvalue weighted by atomic mass is 79.9. The van der Waals surface area contributed by atoms with Crippen LogP contribution in [0.25, 0.3) is 0 Å². The van der Waals surface area contributed by atoms with Crippen LogP contribution in [0.4, 0.5) is 4.79 Å². The van der Waals surface area contributed by atoms with Crippen LogP contribution in [-0.2, 0) is 6.42 Å². The number of nitrogens with zero attached hydrogens (tertiary/aromatic N) is 1. The van der Waals surface area contributed by atoms with Gasteiger partial charge in [0.15, 0.2) is 0 Å². The van der Waals surface area contributed by atoms with Crippen LogP contribution in [0.2, 0.25) is 0 Å². The molecule has 1 amide bonds. The fraction of sp³-hybridized carbons (Fsp3) is 0.562. The van der Waals surface area contributed by atoms with E-state index in [-0.39, 0.29) is 6.04 Å². The molecule has 2 atom stereocenters. The van der Waals surface area contributed by atoms with Gasteiger partial charge in [0.1, 0.15) is 0 Å². The zero-order valence-electron chi connectivity index (χ0n) is 11.9. The van der Waals surface area contributed by atoms with Gasteiger partial charge in [-0.05, 0) is 55.7 Å². The Hall–Kier alpha value is -1.03. The van der Waals surface area contributed by atoms with E-state index >= 15 is 0 Å². The first-order chi connectivity index (χ1) is 9.60. The summed E-state index contributed by atoms with van der Waals surface area (Å²) in [5.41, 5.74) is 1.33. The molecule has 1 aliphatic rings. The number of likely N-dealkylation sites (tertiary alicyclic amines) is 1. The standard InChI is InChI=1S/C16H22BrNO2/c1-2-15-10-7-13(11-18(15)16(19)20)4-3-12-5-8-14(17)9-6-12/h5-6,8-9,13,15H,2-4,7,10-11H2,1H3,(H,19,20). The van der Waals surface area contributed by atoms with E-state index in [1.54, 1.807) is 4.90 Å². The molecule has 1 aromatic rings. The number of rotatable bonds is 4. The van der Waals surface area contributed by atoms with Gasteiger partial charge < -0.3 is 10.0 Å². The zero-order chi connectivity index (χ0) is 14.5. The summed E-state index contributed by atoms with van der Waals surface area (Å²) < 4.78 is 1.10. The van der Waals surface area contributed by atoms with Crippen LogP contribution in [0.15, 0.2) is 28.7 Å². The fourth-order valence-electron chi connectivity index (χ4n) is 3.02. The molecule has 2 rings (SSSR count). The fourth-order valence-corrected chi connectivity index (χ4v) is 3.28. The molecule has 20 heavy (non-hydrogen) atoms. The summed E-state index contributed by atoms with van der Waals surface area (Å²) in [5, 5.41) is 9.29. The number of piperidine rings is 1. The Morgan fingerprint density at radius 3 is 2.65 bits per heavy atom. The Labute approximate surface area is 129 Å². The van der Waals surface area contributed by atoms with Crippen LogP contribution in [0.1, 0.15) is 38.2 Å². The Morgan fingerprint density at radius 1 is 1.35 bits per heavy atom. The van der Waals surface area contributed by atoms with Gasteiger partial charge in [0.25, 0.3) is 0 Å². The van der Waals surface area contributed by atoms with Gasteiger partial charge in [0.2, 0.25) is 0 Å². The first-order valence-electron chi connectivity index (χ1n) is 7.34. The second kappa shape index (κ2) is 7.11. The molecule has 1 saturated heterocycles. The van der Waals surface area contributed by atoms with E-state index in [1.165, 1.54) is 5.56 Å². The molecular formula is C16H22BrNO2. The van der Waals surface area contributed by atoms with Crippen molar-refractivity contribution >= 4 is 22.0 Å². The van der Waals surface area contributed by atoms with Gasteiger partial charge >= 0.3 is 6.09 Å². The van der Waals surface area contributed by atoms with E-state index in [4.69, 9.17) is 0 Å². The maximum Gasteiger partial charge on any atom is 0.407 e. The molecule has 0 bridgehead atoms. The van der Waals surface area contributed by atoms with Crippen molar-refractivity contribution in [2.75, 3.05) is 6.54 Å². The lowest BCUT2D eigenvalue weighted by atomic mass is 9.87. The number of benzene rings is 1. The third kappa shape index (κ3) is 3.98. The second-order valence-corrected chi connectivity index (χ2v) is 6.52. The predicted octanol–water partition coefficient (Wildman–Crippen LogP) is 4.55. The Kier molecular flexibility index (Phi) is 5.46. The lowest BCUT2D eigenvalue weighted by Crippen LogP contribution is -2.46. The van der Waals surface area contributed by atoms with Crippen molar-refractivity contribution in [3.05, 3.63) is 34.3 Å². The van der Waals surface area contributed by atoms with Crippen molar-refractivity contribution in [3.8, 4) is 0 Å². The highest BCUT2D eigenvalue weighted by Crippen LogP contribution is 2.27. The van der Waals surface area contributed by atoms with Crippen LogP contribution in [0.5, 0.6) is 0 Å². The largest absolute Gasteiger partial charge is 0.465 e. The van der Waals surface area contributed by atoms with E-state index in [0.29, 0.717) is 12.5 Å². The van der Waals surface area contributed by atoms with Crippen molar-refractivity contribution in [1.82, 2.24) is 4.90 Å². The molecular weight excluding hydrogens is 318 g/mol. The quantitative estimate of drug-likeness (QED) is 0.873. The minimum absolute atomic E-state index is 0.219. The monoisotopic (exact) mass is 339 g/mol. The summed E-state index contributed by atoms with van der Waals surface area (Å²) in [6.07, 6.45) is 4.42. The smallest absolute Gasteiger partial charge is 0.407 e. The summed E-state index contributed by atoms with van der Waals surface area (Å²) in [6.45, 7) is 2.77. The number of carboxylic acid groups (broad SMARTS) is 1. The lowest BCUT2D eigenvalue weighted by Gasteiger charge is -2.37. The van der Waals surface area contributed by atoms with Crippen LogP contribution in [0, 0.1) is 5.92 Å². The van der Waals surface area contributed by atoms with Crippen LogP contribution in [0.3, 0.4) is 0 Å². The topological polar surface area (TPSA) is 40.5 Å². The molecule has 1 fully saturated rings. The second-order valence-electron chi connectivity index (χ2n) is 5.61. The number of aryl methyl sites for hydroxylation is 1. The van der Waals surface area contributed by atoms with Gasteiger partial charge in [-0.15, -0.1) is 0 Å². The normalized spacial score (nSPS) is 22.8. The van der Waals surface area contributed by atoms with Gasteiger partial charge in [-0.1, -0.05) is 35.0 Å². The number of hydrogen-bond donors (Lipinski definition) is 1. The lowest BCUT2D eigenvalue weighted by molar-refractivity contribution is 0.0831. The average molecular weight is 340 g/mol. The van der Waals surface area contributed by atoms with Crippen molar-refractivity contribution in [2.45, 2.75) is 45.1 Å². The third-order valence-corrected chi connectivity index (χ3v) is 4.80. The summed E-state index contributed by atoms with van der Waals surface area (Å²) in [6, 6.07) is 8.61. The molecule has 4 heteroatoms. The van der Waals surface area contributed by atoms with E-state index in [2.05, 4.69) is 47.1 Å². The van der Waals surface area contributed by atoms with E-state index in [0.717, 1.165) is 36.6 Å². The molecule has 0 saturated carbocycles. The van der Waals surface area contributed by atoms with Crippen molar-refractivity contribution in [2.24, 2.45) is 5.92 Å². The van der Waals surface area contributed by atoms with Crippen molar-refractivity contribution in [1.29, 1.82) is 0 Å². The number of halogens is 1. The zero-order valence-corrected chi connectivity index (χ0v) is 13.5. The first kappa shape index (κ1) is 15.4. The molecule has 110 valence electrons. The molecule has 1 aromatic carbocycles. The summed E-state index contributed by atoms with van der Waals surface area (Å²) in [4.78, 5) is 13.0. The first-order valence-corrected chi connectivity index (χ1v) is 8.13. The van der Waals surface area contributed by atoms with Crippen molar-refractivity contribution in [3.63, 3.8) is 0 Å². The van der Waals surface area contributed by atoms with Crippen LogP contribution < -0.4 is 0 Å². The van der Waals surface area contributed by atoms with Gasteiger partial charge in [-0.3, -0.25) is 0 Å². The molecule has 0 spiro atoms. The molecule has 1 aliphatic heterocycles. The van der Waals surface area contributed by atoms with Crippen LogP contribution >= 0.6 is 15.9 Å².